The number of hydrogen-bond donors (Lipinski definition) is 1. The minimum absolute atomic E-state index is 0.573. The van der Waals surface area contributed by atoms with Crippen LogP contribution in [0.4, 0.5) is 5.82 Å². The number of anilines is 1. The Morgan fingerprint density at radius 3 is 3.10 bits per heavy atom. The first kappa shape index (κ1) is 15.1. The molecule has 2 heterocycles. The van der Waals surface area contributed by atoms with Gasteiger partial charge in [-0.05, 0) is 44.7 Å². The molecule has 0 radical (unpaired) electrons. The molecule has 1 N–H and O–H groups in total. The molecular formula is C16H27N3O. The van der Waals surface area contributed by atoms with Crippen LogP contribution in [0.2, 0.25) is 0 Å². The molecule has 1 aliphatic rings. The van der Waals surface area contributed by atoms with Crippen LogP contribution in [-0.2, 0) is 0 Å². The standard InChI is InChI=1S/C16H27N3O/c1-4-10-17-13(2)14-7-6-11-19(12-14)15-8-5-9-16(18-15)20-3/h5,8-9,13-14,17H,4,6-7,10-12H2,1-3H3. The quantitative estimate of drug-likeness (QED) is 0.867. The van der Waals surface area contributed by atoms with Gasteiger partial charge in [0.1, 0.15) is 5.82 Å². The normalized spacial score (nSPS) is 20.8. The second-order valence-electron chi connectivity index (χ2n) is 5.63. The monoisotopic (exact) mass is 277 g/mol. The van der Waals surface area contributed by atoms with Gasteiger partial charge < -0.3 is 15.0 Å². The fraction of sp³-hybridized carbons (Fsp3) is 0.688. The van der Waals surface area contributed by atoms with Crippen molar-refractivity contribution in [3.05, 3.63) is 18.2 Å². The zero-order chi connectivity index (χ0) is 14.4. The number of nitrogens with one attached hydrogen (secondary N) is 1. The summed E-state index contributed by atoms with van der Waals surface area (Å²) in [5, 5.41) is 3.62. The molecule has 1 fully saturated rings. The molecule has 0 amide bonds. The zero-order valence-corrected chi connectivity index (χ0v) is 12.9. The van der Waals surface area contributed by atoms with Crippen LogP contribution >= 0.6 is 0 Å². The highest BCUT2D eigenvalue weighted by Crippen LogP contribution is 2.25. The highest BCUT2D eigenvalue weighted by Gasteiger charge is 2.25. The summed E-state index contributed by atoms with van der Waals surface area (Å²) in [4.78, 5) is 6.94. The van der Waals surface area contributed by atoms with E-state index in [2.05, 4.69) is 35.1 Å². The Kier molecular flexibility index (Phi) is 5.65. The van der Waals surface area contributed by atoms with Crippen molar-refractivity contribution in [2.75, 3.05) is 31.6 Å². The van der Waals surface area contributed by atoms with E-state index in [0.717, 1.165) is 25.5 Å². The van der Waals surface area contributed by atoms with Gasteiger partial charge in [0.2, 0.25) is 5.88 Å². The summed E-state index contributed by atoms with van der Waals surface area (Å²) in [6.45, 7) is 7.81. The van der Waals surface area contributed by atoms with Crippen LogP contribution < -0.4 is 15.0 Å². The summed E-state index contributed by atoms with van der Waals surface area (Å²) >= 11 is 0. The number of rotatable bonds is 6. The van der Waals surface area contributed by atoms with Crippen molar-refractivity contribution < 1.29 is 4.74 Å². The molecule has 20 heavy (non-hydrogen) atoms. The van der Waals surface area contributed by atoms with Crippen LogP contribution in [-0.4, -0.2) is 37.8 Å². The van der Waals surface area contributed by atoms with Crippen LogP contribution in [0.15, 0.2) is 18.2 Å². The Labute approximate surface area is 122 Å². The lowest BCUT2D eigenvalue weighted by Crippen LogP contribution is -2.45. The molecule has 1 saturated heterocycles. The molecule has 0 aliphatic carbocycles. The van der Waals surface area contributed by atoms with E-state index in [9.17, 15) is 0 Å². The first-order valence-corrected chi connectivity index (χ1v) is 7.74. The fourth-order valence-corrected chi connectivity index (χ4v) is 2.86. The number of piperidine rings is 1. The topological polar surface area (TPSA) is 37.4 Å². The lowest BCUT2D eigenvalue weighted by atomic mass is 9.91. The van der Waals surface area contributed by atoms with Crippen molar-refractivity contribution in [2.45, 2.75) is 39.2 Å². The number of methoxy groups -OCH3 is 1. The molecule has 2 atom stereocenters. The third kappa shape index (κ3) is 3.85. The highest BCUT2D eigenvalue weighted by molar-refractivity contribution is 5.41. The van der Waals surface area contributed by atoms with Crippen molar-refractivity contribution in [3.8, 4) is 5.88 Å². The Balaban J connectivity index is 1.98. The lowest BCUT2D eigenvalue weighted by Gasteiger charge is -2.36. The minimum Gasteiger partial charge on any atom is -0.481 e. The van der Waals surface area contributed by atoms with Crippen molar-refractivity contribution in [1.82, 2.24) is 10.3 Å². The van der Waals surface area contributed by atoms with Gasteiger partial charge in [-0.1, -0.05) is 13.0 Å². The van der Waals surface area contributed by atoms with Gasteiger partial charge in [-0.3, -0.25) is 0 Å². The third-order valence-corrected chi connectivity index (χ3v) is 4.12. The largest absolute Gasteiger partial charge is 0.481 e. The van der Waals surface area contributed by atoms with Gasteiger partial charge in [0, 0.05) is 25.2 Å². The molecule has 0 spiro atoms. The Morgan fingerprint density at radius 1 is 1.50 bits per heavy atom. The van der Waals surface area contributed by atoms with Gasteiger partial charge >= 0.3 is 0 Å². The van der Waals surface area contributed by atoms with E-state index in [0.29, 0.717) is 17.8 Å². The van der Waals surface area contributed by atoms with E-state index >= 15 is 0 Å². The predicted octanol–water partition coefficient (Wildman–Crippen LogP) is 2.69. The molecule has 2 rings (SSSR count). The second-order valence-corrected chi connectivity index (χ2v) is 5.63. The van der Waals surface area contributed by atoms with E-state index < -0.39 is 0 Å². The number of ether oxygens (including phenoxy) is 1. The Morgan fingerprint density at radius 2 is 2.35 bits per heavy atom. The average Bonchev–Trinajstić information content (AvgIpc) is 2.52. The number of aromatic nitrogens is 1. The first-order valence-electron chi connectivity index (χ1n) is 7.74. The molecule has 0 saturated carbocycles. The lowest BCUT2D eigenvalue weighted by molar-refractivity contribution is 0.319. The van der Waals surface area contributed by atoms with Crippen molar-refractivity contribution in [1.29, 1.82) is 0 Å². The second kappa shape index (κ2) is 7.48. The number of pyridine rings is 1. The molecule has 1 aromatic heterocycles. The maximum Gasteiger partial charge on any atom is 0.214 e. The SMILES string of the molecule is CCCNC(C)C1CCCN(c2cccc(OC)n2)C1. The average molecular weight is 277 g/mol. The fourth-order valence-electron chi connectivity index (χ4n) is 2.86. The molecule has 112 valence electrons. The first-order chi connectivity index (χ1) is 9.74. The van der Waals surface area contributed by atoms with Crippen LogP contribution in [0.3, 0.4) is 0 Å². The zero-order valence-electron chi connectivity index (χ0n) is 12.9. The Hall–Kier alpha value is -1.29. The summed E-state index contributed by atoms with van der Waals surface area (Å²) in [5.41, 5.74) is 0. The summed E-state index contributed by atoms with van der Waals surface area (Å²) in [7, 11) is 1.67. The van der Waals surface area contributed by atoms with Crippen molar-refractivity contribution in [3.63, 3.8) is 0 Å². The molecular weight excluding hydrogens is 250 g/mol. The highest BCUT2D eigenvalue weighted by atomic mass is 16.5. The third-order valence-electron chi connectivity index (χ3n) is 4.12. The van der Waals surface area contributed by atoms with E-state index in [4.69, 9.17) is 4.74 Å². The van der Waals surface area contributed by atoms with Gasteiger partial charge in [0.15, 0.2) is 0 Å². The van der Waals surface area contributed by atoms with Crippen LogP contribution in [0.5, 0.6) is 5.88 Å². The van der Waals surface area contributed by atoms with Crippen LogP contribution in [0, 0.1) is 5.92 Å². The van der Waals surface area contributed by atoms with Crippen molar-refractivity contribution >= 4 is 5.82 Å². The molecule has 1 aromatic rings. The molecule has 4 heteroatoms. The molecule has 1 aliphatic heterocycles. The van der Waals surface area contributed by atoms with Gasteiger partial charge in [-0.15, -0.1) is 0 Å². The summed E-state index contributed by atoms with van der Waals surface area (Å²) in [6.07, 6.45) is 3.73. The van der Waals surface area contributed by atoms with Gasteiger partial charge in [0.25, 0.3) is 0 Å². The van der Waals surface area contributed by atoms with Crippen molar-refractivity contribution in [2.24, 2.45) is 5.92 Å². The number of nitrogens with zero attached hydrogens (tertiary/aromatic N) is 2. The number of hydrogen-bond acceptors (Lipinski definition) is 4. The molecule has 4 nitrogen and oxygen atoms in total. The van der Waals surface area contributed by atoms with Gasteiger partial charge in [-0.2, -0.15) is 4.98 Å². The molecule has 0 bridgehead atoms. The minimum atomic E-state index is 0.573. The summed E-state index contributed by atoms with van der Waals surface area (Å²) in [5.74, 6) is 2.43. The van der Waals surface area contributed by atoms with E-state index in [1.165, 1.54) is 19.3 Å². The van der Waals surface area contributed by atoms with Crippen LogP contribution in [0.25, 0.3) is 0 Å². The van der Waals surface area contributed by atoms with Gasteiger partial charge in [0.05, 0.1) is 7.11 Å². The maximum atomic E-state index is 5.22. The predicted molar refractivity (Wildman–Crippen MR) is 83.5 cm³/mol. The molecule has 0 aromatic carbocycles. The smallest absolute Gasteiger partial charge is 0.214 e. The summed E-state index contributed by atoms with van der Waals surface area (Å²) in [6, 6.07) is 6.57. The molecule has 2 unspecified atom stereocenters. The van der Waals surface area contributed by atoms with E-state index in [1.807, 2.05) is 12.1 Å². The summed E-state index contributed by atoms with van der Waals surface area (Å²) < 4.78 is 5.22. The van der Waals surface area contributed by atoms with Gasteiger partial charge in [-0.25, -0.2) is 0 Å². The Bertz CT molecular complexity index is 410. The maximum absolute atomic E-state index is 5.22. The van der Waals surface area contributed by atoms with Crippen LogP contribution in [0.1, 0.15) is 33.1 Å². The van der Waals surface area contributed by atoms with E-state index in [1.54, 1.807) is 7.11 Å². The van der Waals surface area contributed by atoms with E-state index in [-0.39, 0.29) is 0 Å².